The number of carbonyl (C=O) groups is 2. The van der Waals surface area contributed by atoms with E-state index in [4.69, 9.17) is 5.11 Å². The number of rotatable bonds is 9. The number of anilines is 1. The molecule has 1 rings (SSSR count). The van der Waals surface area contributed by atoms with E-state index in [1.807, 2.05) is 0 Å². The van der Waals surface area contributed by atoms with Gasteiger partial charge < -0.3 is 15.3 Å². The first-order valence-corrected chi connectivity index (χ1v) is 7.65. The molecule has 0 radical (unpaired) electrons. The van der Waals surface area contributed by atoms with E-state index in [9.17, 15) is 9.59 Å². The average molecular weight is 314 g/mol. The van der Waals surface area contributed by atoms with Gasteiger partial charge in [0.25, 0.3) is 0 Å². The number of nitrogens with zero attached hydrogens (tertiary/aromatic N) is 2. The zero-order chi connectivity index (χ0) is 15.7. The van der Waals surface area contributed by atoms with E-state index in [1.165, 1.54) is 6.20 Å². The van der Waals surface area contributed by atoms with Crippen LogP contribution in [-0.2, 0) is 0 Å². The molecule has 0 fully saturated rings. The fourth-order valence-corrected chi connectivity index (χ4v) is 2.38. The summed E-state index contributed by atoms with van der Waals surface area (Å²) in [5.74, 6) is -1.10. The van der Waals surface area contributed by atoms with Crippen LogP contribution in [0.15, 0.2) is 6.20 Å². The Kier molecular flexibility index (Phi) is 7.70. The van der Waals surface area contributed by atoms with Crippen LogP contribution < -0.4 is 10.6 Å². The van der Waals surface area contributed by atoms with Gasteiger partial charge in [-0.1, -0.05) is 12.8 Å². The highest BCUT2D eigenvalue weighted by Gasteiger charge is 2.14. The van der Waals surface area contributed by atoms with Gasteiger partial charge in [-0.05, 0) is 45.0 Å². The lowest BCUT2D eigenvalue weighted by atomic mass is 10.2. The monoisotopic (exact) mass is 314 g/mol. The van der Waals surface area contributed by atoms with Crippen molar-refractivity contribution in [2.24, 2.45) is 0 Å². The summed E-state index contributed by atoms with van der Waals surface area (Å²) in [7, 11) is 4.10. The Bertz CT molecular complexity index is 462. The molecule has 8 heteroatoms. The fourth-order valence-electron chi connectivity index (χ4n) is 1.74. The number of carboxylic acid groups (broad SMARTS) is 1. The van der Waals surface area contributed by atoms with E-state index < -0.39 is 12.0 Å². The van der Waals surface area contributed by atoms with Crippen molar-refractivity contribution in [2.75, 3.05) is 32.5 Å². The van der Waals surface area contributed by atoms with Crippen LogP contribution >= 0.6 is 11.5 Å². The van der Waals surface area contributed by atoms with Crippen molar-refractivity contribution in [3.05, 3.63) is 11.8 Å². The summed E-state index contributed by atoms with van der Waals surface area (Å²) in [6, 6.07) is -0.393. The minimum absolute atomic E-state index is 0.0128. The Morgan fingerprint density at radius 2 is 2.00 bits per heavy atom. The van der Waals surface area contributed by atoms with Gasteiger partial charge in [-0.15, -0.1) is 0 Å². The van der Waals surface area contributed by atoms with Gasteiger partial charge in [0.1, 0.15) is 10.6 Å². The van der Waals surface area contributed by atoms with Crippen molar-refractivity contribution in [3.63, 3.8) is 0 Å². The molecule has 0 aliphatic carbocycles. The predicted octanol–water partition coefficient (Wildman–Crippen LogP) is 2.08. The third-order valence-corrected chi connectivity index (χ3v) is 3.56. The zero-order valence-electron chi connectivity index (χ0n) is 12.4. The quantitative estimate of drug-likeness (QED) is 0.607. The molecule has 0 bridgehead atoms. The molecule has 118 valence electrons. The molecule has 0 spiro atoms. The van der Waals surface area contributed by atoms with Crippen molar-refractivity contribution >= 4 is 28.5 Å². The second kappa shape index (κ2) is 9.30. The number of hydrogen-bond donors (Lipinski definition) is 3. The van der Waals surface area contributed by atoms with Crippen LogP contribution in [0.5, 0.6) is 0 Å². The van der Waals surface area contributed by atoms with Gasteiger partial charge in [0.05, 0.1) is 6.20 Å². The first-order chi connectivity index (χ1) is 10.0. The molecule has 0 aromatic carbocycles. The highest BCUT2D eigenvalue weighted by molar-refractivity contribution is 7.10. The molecule has 0 aliphatic heterocycles. The third-order valence-electron chi connectivity index (χ3n) is 2.85. The molecule has 1 heterocycles. The SMILES string of the molecule is CN(C)CCCCCCNC(=O)Nc1sncc1C(=O)O. The van der Waals surface area contributed by atoms with Crippen LogP contribution in [0.1, 0.15) is 36.0 Å². The summed E-state index contributed by atoms with van der Waals surface area (Å²) >= 11 is 0.952. The number of nitrogens with one attached hydrogen (secondary N) is 2. The molecule has 0 atom stereocenters. The summed E-state index contributed by atoms with van der Waals surface area (Å²) in [6.07, 6.45) is 5.50. The van der Waals surface area contributed by atoms with E-state index in [-0.39, 0.29) is 10.6 Å². The summed E-state index contributed by atoms with van der Waals surface area (Å²) in [5.41, 5.74) is 0.0128. The summed E-state index contributed by atoms with van der Waals surface area (Å²) in [4.78, 5) is 24.6. The van der Waals surface area contributed by atoms with E-state index >= 15 is 0 Å². The van der Waals surface area contributed by atoms with Crippen molar-refractivity contribution in [1.82, 2.24) is 14.6 Å². The van der Waals surface area contributed by atoms with Crippen LogP contribution in [0.3, 0.4) is 0 Å². The summed E-state index contributed by atoms with van der Waals surface area (Å²) < 4.78 is 3.76. The Hall–Kier alpha value is -1.67. The highest BCUT2D eigenvalue weighted by atomic mass is 32.1. The molecular weight excluding hydrogens is 292 g/mol. The topological polar surface area (TPSA) is 94.6 Å². The van der Waals surface area contributed by atoms with Crippen molar-refractivity contribution < 1.29 is 14.7 Å². The molecule has 2 amide bonds. The first-order valence-electron chi connectivity index (χ1n) is 6.88. The Morgan fingerprint density at radius 3 is 2.67 bits per heavy atom. The lowest BCUT2D eigenvalue weighted by Gasteiger charge is -2.09. The smallest absolute Gasteiger partial charge is 0.340 e. The van der Waals surface area contributed by atoms with Crippen LogP contribution in [0.4, 0.5) is 9.80 Å². The third kappa shape index (κ3) is 7.05. The van der Waals surface area contributed by atoms with Crippen molar-refractivity contribution in [3.8, 4) is 0 Å². The van der Waals surface area contributed by atoms with Gasteiger partial charge in [0.15, 0.2) is 0 Å². The van der Waals surface area contributed by atoms with E-state index in [1.54, 1.807) is 0 Å². The van der Waals surface area contributed by atoms with Crippen LogP contribution in [-0.4, -0.2) is 53.6 Å². The summed E-state index contributed by atoms with van der Waals surface area (Å²) in [6.45, 7) is 1.66. The predicted molar refractivity (Wildman–Crippen MR) is 83.1 cm³/mol. The number of carbonyl (C=O) groups excluding carboxylic acids is 1. The molecule has 1 aromatic rings. The number of carboxylic acids is 1. The number of aromatic nitrogens is 1. The Morgan fingerprint density at radius 1 is 1.29 bits per heavy atom. The molecule has 7 nitrogen and oxygen atoms in total. The van der Waals surface area contributed by atoms with Gasteiger partial charge >= 0.3 is 12.0 Å². The van der Waals surface area contributed by atoms with Crippen LogP contribution in [0, 0.1) is 0 Å². The number of amides is 2. The van der Waals surface area contributed by atoms with E-state index in [0.717, 1.165) is 43.8 Å². The van der Waals surface area contributed by atoms with Gasteiger partial charge in [-0.25, -0.2) is 9.59 Å². The molecular formula is C13H22N4O3S. The second-order valence-corrected chi connectivity index (χ2v) is 5.77. The molecule has 0 aliphatic rings. The normalized spacial score (nSPS) is 10.6. The lowest BCUT2D eigenvalue weighted by molar-refractivity contribution is 0.0698. The maximum atomic E-state index is 11.6. The number of hydrogen-bond acceptors (Lipinski definition) is 5. The van der Waals surface area contributed by atoms with Crippen molar-refractivity contribution in [1.29, 1.82) is 0 Å². The molecule has 0 saturated heterocycles. The first kappa shape index (κ1) is 17.4. The zero-order valence-corrected chi connectivity index (χ0v) is 13.2. The maximum absolute atomic E-state index is 11.6. The van der Waals surface area contributed by atoms with Crippen LogP contribution in [0.2, 0.25) is 0 Å². The van der Waals surface area contributed by atoms with Crippen molar-refractivity contribution in [2.45, 2.75) is 25.7 Å². The minimum Gasteiger partial charge on any atom is -0.478 e. The highest BCUT2D eigenvalue weighted by Crippen LogP contribution is 2.19. The Balaban J connectivity index is 2.14. The number of aromatic carboxylic acids is 1. The number of unbranched alkanes of at least 4 members (excludes halogenated alkanes) is 3. The molecule has 3 N–H and O–H groups in total. The standard InChI is InChI=1S/C13H22N4O3S/c1-17(2)8-6-4-3-5-7-14-13(20)16-11-10(12(18)19)9-15-21-11/h9H,3-8H2,1-2H3,(H,18,19)(H2,14,16,20). The molecule has 1 aromatic heterocycles. The largest absolute Gasteiger partial charge is 0.478 e. The average Bonchev–Trinajstić information content (AvgIpc) is 2.85. The maximum Gasteiger partial charge on any atom is 0.340 e. The van der Waals surface area contributed by atoms with Crippen LogP contribution in [0.25, 0.3) is 0 Å². The van der Waals surface area contributed by atoms with Gasteiger partial charge in [0, 0.05) is 6.54 Å². The molecule has 21 heavy (non-hydrogen) atoms. The summed E-state index contributed by atoms with van der Waals surface area (Å²) in [5, 5.41) is 14.4. The molecule has 0 saturated carbocycles. The second-order valence-electron chi connectivity index (χ2n) is 4.97. The molecule has 0 unspecified atom stereocenters. The van der Waals surface area contributed by atoms with Gasteiger partial charge in [-0.2, -0.15) is 4.37 Å². The van der Waals surface area contributed by atoms with E-state index in [0.29, 0.717) is 6.54 Å². The van der Waals surface area contributed by atoms with E-state index in [2.05, 4.69) is 34.0 Å². The minimum atomic E-state index is -1.10. The van der Waals surface area contributed by atoms with Gasteiger partial charge in [0.2, 0.25) is 0 Å². The lowest BCUT2D eigenvalue weighted by Crippen LogP contribution is -2.29. The Labute approximate surface area is 128 Å². The fraction of sp³-hybridized carbons (Fsp3) is 0.615. The number of urea groups is 1. The van der Waals surface area contributed by atoms with Gasteiger partial charge in [-0.3, -0.25) is 5.32 Å².